The second-order valence-electron chi connectivity index (χ2n) is 6.85. The molecule has 1 aliphatic rings. The third-order valence-electron chi connectivity index (χ3n) is 4.86. The average molecular weight is 347 g/mol. The topological polar surface area (TPSA) is 48.1 Å². The number of nitrogens with one attached hydrogen (secondary N) is 1. The molecule has 4 rings (SSSR count). The fraction of sp³-hybridized carbons (Fsp3) is 0.333. The predicted molar refractivity (Wildman–Crippen MR) is 103 cm³/mol. The Bertz CT molecular complexity index is 800. The Morgan fingerprint density at radius 2 is 1.58 bits per heavy atom. The molecule has 5 nitrogen and oxygen atoms in total. The van der Waals surface area contributed by atoms with Gasteiger partial charge in [0.2, 0.25) is 0 Å². The minimum atomic E-state index is 0.928. The van der Waals surface area contributed by atoms with Gasteiger partial charge in [-0.25, -0.2) is 4.98 Å². The molecule has 0 unspecified atom stereocenters. The maximum Gasteiger partial charge on any atom is 0.137 e. The van der Waals surface area contributed by atoms with Crippen LogP contribution in [-0.2, 0) is 13.1 Å². The van der Waals surface area contributed by atoms with Gasteiger partial charge < -0.3 is 4.98 Å². The van der Waals surface area contributed by atoms with Crippen LogP contribution >= 0.6 is 0 Å². The molecule has 5 heteroatoms. The van der Waals surface area contributed by atoms with E-state index in [2.05, 4.69) is 49.0 Å². The second kappa shape index (κ2) is 8.25. The van der Waals surface area contributed by atoms with Gasteiger partial charge >= 0.3 is 0 Å². The van der Waals surface area contributed by atoms with Crippen molar-refractivity contribution in [3.05, 3.63) is 72.3 Å². The van der Waals surface area contributed by atoms with Crippen LogP contribution in [0, 0.1) is 0 Å². The van der Waals surface area contributed by atoms with Gasteiger partial charge in [-0.2, -0.15) is 0 Å². The van der Waals surface area contributed by atoms with Crippen molar-refractivity contribution in [2.45, 2.75) is 19.5 Å². The molecule has 0 atom stereocenters. The van der Waals surface area contributed by atoms with Gasteiger partial charge in [-0.3, -0.25) is 14.8 Å². The SMILES string of the molecule is c1ccc(-c2ncc(CN3CCCN(Cc4ccccn4)CC3)[nH]2)cc1. The van der Waals surface area contributed by atoms with Crippen LogP contribution in [0.2, 0.25) is 0 Å². The quantitative estimate of drug-likeness (QED) is 0.770. The van der Waals surface area contributed by atoms with E-state index in [1.807, 2.05) is 36.7 Å². The highest BCUT2D eigenvalue weighted by molar-refractivity contribution is 5.54. The highest BCUT2D eigenvalue weighted by Gasteiger charge is 2.16. The molecule has 1 aromatic carbocycles. The molecule has 2 aromatic heterocycles. The molecule has 1 fully saturated rings. The zero-order valence-corrected chi connectivity index (χ0v) is 15.0. The van der Waals surface area contributed by atoms with Crippen molar-refractivity contribution >= 4 is 0 Å². The molecule has 0 radical (unpaired) electrons. The van der Waals surface area contributed by atoms with Gasteiger partial charge in [-0.15, -0.1) is 0 Å². The lowest BCUT2D eigenvalue weighted by Gasteiger charge is -2.21. The van der Waals surface area contributed by atoms with Gasteiger partial charge in [0.15, 0.2) is 0 Å². The summed E-state index contributed by atoms with van der Waals surface area (Å²) in [5.74, 6) is 0.951. The van der Waals surface area contributed by atoms with Crippen molar-refractivity contribution in [2.75, 3.05) is 26.2 Å². The van der Waals surface area contributed by atoms with Crippen LogP contribution in [0.1, 0.15) is 17.8 Å². The normalized spacial score (nSPS) is 16.5. The molecular formula is C21H25N5. The van der Waals surface area contributed by atoms with Crippen molar-refractivity contribution in [3.8, 4) is 11.4 Å². The van der Waals surface area contributed by atoms with E-state index in [9.17, 15) is 0 Å². The number of H-pyrrole nitrogens is 1. The van der Waals surface area contributed by atoms with E-state index in [1.165, 1.54) is 12.1 Å². The molecule has 1 saturated heterocycles. The van der Waals surface area contributed by atoms with Crippen molar-refractivity contribution < 1.29 is 0 Å². The summed E-state index contributed by atoms with van der Waals surface area (Å²) in [6.45, 7) is 6.28. The average Bonchev–Trinajstić information content (AvgIpc) is 3.05. The first-order chi connectivity index (χ1) is 12.9. The molecule has 0 bridgehead atoms. The number of aromatic nitrogens is 3. The molecule has 1 N–H and O–H groups in total. The monoisotopic (exact) mass is 347 g/mol. The van der Waals surface area contributed by atoms with E-state index >= 15 is 0 Å². The van der Waals surface area contributed by atoms with E-state index in [1.54, 1.807) is 0 Å². The summed E-state index contributed by atoms with van der Waals surface area (Å²) >= 11 is 0. The van der Waals surface area contributed by atoms with E-state index in [0.717, 1.165) is 56.4 Å². The van der Waals surface area contributed by atoms with Crippen LogP contribution in [0.3, 0.4) is 0 Å². The lowest BCUT2D eigenvalue weighted by molar-refractivity contribution is 0.244. The molecule has 26 heavy (non-hydrogen) atoms. The number of pyridine rings is 1. The largest absolute Gasteiger partial charge is 0.341 e. The van der Waals surface area contributed by atoms with E-state index in [0.29, 0.717) is 0 Å². The van der Waals surface area contributed by atoms with Crippen molar-refractivity contribution in [3.63, 3.8) is 0 Å². The summed E-state index contributed by atoms with van der Waals surface area (Å²) in [6, 6.07) is 16.4. The lowest BCUT2D eigenvalue weighted by Crippen LogP contribution is -2.30. The summed E-state index contributed by atoms with van der Waals surface area (Å²) in [5.41, 5.74) is 3.47. The summed E-state index contributed by atoms with van der Waals surface area (Å²) < 4.78 is 0. The highest BCUT2D eigenvalue weighted by atomic mass is 15.2. The van der Waals surface area contributed by atoms with Crippen LogP contribution in [0.4, 0.5) is 0 Å². The number of hydrogen-bond donors (Lipinski definition) is 1. The summed E-state index contributed by atoms with van der Waals surface area (Å²) in [4.78, 5) is 17.5. The van der Waals surface area contributed by atoms with Gasteiger partial charge in [0.05, 0.1) is 5.69 Å². The summed E-state index contributed by atoms with van der Waals surface area (Å²) in [7, 11) is 0. The van der Waals surface area contributed by atoms with Crippen molar-refractivity contribution in [1.29, 1.82) is 0 Å². The molecular weight excluding hydrogens is 322 g/mol. The molecule has 0 spiro atoms. The zero-order chi connectivity index (χ0) is 17.6. The minimum absolute atomic E-state index is 0.928. The predicted octanol–water partition coefficient (Wildman–Crippen LogP) is 3.18. The Labute approximate surface area is 154 Å². The Hall–Kier alpha value is -2.50. The lowest BCUT2D eigenvalue weighted by atomic mass is 10.2. The Morgan fingerprint density at radius 3 is 2.35 bits per heavy atom. The second-order valence-corrected chi connectivity index (χ2v) is 6.85. The number of rotatable bonds is 5. The number of imidazole rings is 1. The van der Waals surface area contributed by atoms with Crippen LogP contribution in [0.5, 0.6) is 0 Å². The zero-order valence-electron chi connectivity index (χ0n) is 15.0. The molecule has 3 aromatic rings. The van der Waals surface area contributed by atoms with Crippen LogP contribution < -0.4 is 0 Å². The fourth-order valence-corrected chi connectivity index (χ4v) is 3.48. The Morgan fingerprint density at radius 1 is 0.808 bits per heavy atom. The third kappa shape index (κ3) is 4.36. The third-order valence-corrected chi connectivity index (χ3v) is 4.86. The van der Waals surface area contributed by atoms with Gasteiger partial charge in [0, 0.05) is 49.8 Å². The van der Waals surface area contributed by atoms with Crippen molar-refractivity contribution in [2.24, 2.45) is 0 Å². The first-order valence-corrected chi connectivity index (χ1v) is 9.31. The molecule has 1 aliphatic heterocycles. The van der Waals surface area contributed by atoms with E-state index in [-0.39, 0.29) is 0 Å². The van der Waals surface area contributed by atoms with Gasteiger partial charge in [-0.1, -0.05) is 36.4 Å². The Kier molecular flexibility index (Phi) is 5.38. The van der Waals surface area contributed by atoms with E-state index < -0.39 is 0 Å². The first-order valence-electron chi connectivity index (χ1n) is 9.31. The van der Waals surface area contributed by atoms with Gasteiger partial charge in [-0.05, 0) is 31.6 Å². The molecule has 0 aliphatic carbocycles. The van der Waals surface area contributed by atoms with Crippen LogP contribution in [-0.4, -0.2) is 50.9 Å². The maximum absolute atomic E-state index is 4.55. The highest BCUT2D eigenvalue weighted by Crippen LogP contribution is 2.16. The fourth-order valence-electron chi connectivity index (χ4n) is 3.48. The summed E-state index contributed by atoms with van der Waals surface area (Å²) in [6.07, 6.45) is 5.04. The van der Waals surface area contributed by atoms with Gasteiger partial charge in [0.1, 0.15) is 5.82 Å². The molecule has 0 saturated carbocycles. The van der Waals surface area contributed by atoms with Crippen molar-refractivity contribution in [1.82, 2.24) is 24.8 Å². The van der Waals surface area contributed by atoms with E-state index in [4.69, 9.17) is 0 Å². The first kappa shape index (κ1) is 16.9. The van der Waals surface area contributed by atoms with Gasteiger partial charge in [0.25, 0.3) is 0 Å². The minimum Gasteiger partial charge on any atom is -0.341 e. The number of benzene rings is 1. The van der Waals surface area contributed by atoms with Crippen LogP contribution in [0.15, 0.2) is 60.9 Å². The molecule has 134 valence electrons. The summed E-state index contributed by atoms with van der Waals surface area (Å²) in [5, 5.41) is 0. The molecule has 3 heterocycles. The number of hydrogen-bond acceptors (Lipinski definition) is 4. The Balaban J connectivity index is 1.33. The smallest absolute Gasteiger partial charge is 0.137 e. The number of aromatic amines is 1. The molecule has 0 amide bonds. The van der Waals surface area contributed by atoms with Crippen LogP contribution in [0.25, 0.3) is 11.4 Å². The standard InChI is InChI=1S/C21H25N5/c1-2-7-18(8-3-1)21-23-15-20(24-21)17-26-12-6-11-25(13-14-26)16-19-9-4-5-10-22-19/h1-5,7-10,15H,6,11-14,16-17H2,(H,23,24). The maximum atomic E-state index is 4.55. The number of nitrogens with zero attached hydrogens (tertiary/aromatic N) is 4.